The minimum Gasteiger partial charge on any atom is -0.406 e. The Kier molecular flexibility index (Phi) is 5.45. The lowest BCUT2D eigenvalue weighted by Crippen LogP contribution is -2.16. The number of hydrogen-bond donors (Lipinski definition) is 0. The summed E-state index contributed by atoms with van der Waals surface area (Å²) in [5.74, 6) is 0.411. The van der Waals surface area contributed by atoms with Gasteiger partial charge in [-0.3, -0.25) is 4.68 Å². The Morgan fingerprint density at radius 1 is 0.969 bits per heavy atom. The van der Waals surface area contributed by atoms with Crippen molar-refractivity contribution in [3.63, 3.8) is 0 Å². The summed E-state index contributed by atoms with van der Waals surface area (Å²) >= 11 is 0. The monoisotopic (exact) mass is 442 g/mol. The molecule has 166 valence electrons. The molecule has 0 aliphatic heterocycles. The quantitative estimate of drug-likeness (QED) is 0.456. The van der Waals surface area contributed by atoms with Crippen molar-refractivity contribution >= 4 is 0 Å². The van der Waals surface area contributed by atoms with Crippen LogP contribution in [0.4, 0.5) is 13.2 Å². The predicted molar refractivity (Wildman–Crippen MR) is 111 cm³/mol. The van der Waals surface area contributed by atoms with E-state index >= 15 is 0 Å². The van der Waals surface area contributed by atoms with Gasteiger partial charge in [-0.2, -0.15) is 10.2 Å². The number of aryl methyl sites for hydroxylation is 3. The first-order valence-corrected chi connectivity index (χ1v) is 9.84. The highest BCUT2D eigenvalue weighted by Gasteiger charge is 2.31. The van der Waals surface area contributed by atoms with Crippen LogP contribution in [0.15, 0.2) is 42.7 Å². The van der Waals surface area contributed by atoms with E-state index in [4.69, 9.17) is 0 Å². The molecule has 3 aromatic heterocycles. The van der Waals surface area contributed by atoms with Crippen LogP contribution in [0.2, 0.25) is 0 Å². The third-order valence-electron chi connectivity index (χ3n) is 5.07. The fourth-order valence-corrected chi connectivity index (χ4v) is 3.63. The Hall–Kier alpha value is -3.69. The second-order valence-electron chi connectivity index (χ2n) is 7.50. The summed E-state index contributed by atoms with van der Waals surface area (Å²) in [6, 6.07) is 9.54. The summed E-state index contributed by atoms with van der Waals surface area (Å²) in [6.07, 6.45) is -2.70. The van der Waals surface area contributed by atoms with Gasteiger partial charge in [-0.1, -0.05) is 0 Å². The Bertz CT molecular complexity index is 1260. The van der Waals surface area contributed by atoms with Crippen molar-refractivity contribution in [1.82, 2.24) is 29.5 Å². The number of alkyl halides is 3. The van der Waals surface area contributed by atoms with Gasteiger partial charge in [0.25, 0.3) is 0 Å². The van der Waals surface area contributed by atoms with E-state index in [2.05, 4.69) is 24.9 Å². The van der Waals surface area contributed by atoms with Crippen LogP contribution in [0, 0.1) is 20.8 Å². The second-order valence-corrected chi connectivity index (χ2v) is 7.50. The maximum Gasteiger partial charge on any atom is 0.573 e. The third kappa shape index (κ3) is 4.48. The van der Waals surface area contributed by atoms with Crippen molar-refractivity contribution in [2.75, 3.05) is 0 Å². The molecule has 10 heteroatoms. The van der Waals surface area contributed by atoms with Gasteiger partial charge in [-0.15, -0.1) is 13.2 Å². The largest absolute Gasteiger partial charge is 0.573 e. The lowest BCUT2D eigenvalue weighted by atomic mass is 10.0. The van der Waals surface area contributed by atoms with E-state index in [0.29, 0.717) is 23.5 Å². The zero-order valence-corrected chi connectivity index (χ0v) is 18.0. The van der Waals surface area contributed by atoms with Gasteiger partial charge < -0.3 is 4.74 Å². The lowest BCUT2D eigenvalue weighted by molar-refractivity contribution is -0.274. The molecule has 0 aliphatic rings. The first-order chi connectivity index (χ1) is 15.1. The van der Waals surface area contributed by atoms with E-state index < -0.39 is 6.36 Å². The molecule has 0 saturated carbocycles. The molecule has 0 N–H and O–H groups in total. The van der Waals surface area contributed by atoms with E-state index in [1.807, 2.05) is 40.0 Å². The summed E-state index contributed by atoms with van der Waals surface area (Å²) < 4.78 is 44.7. The summed E-state index contributed by atoms with van der Waals surface area (Å²) in [4.78, 5) is 8.72. The molecule has 7 nitrogen and oxygen atoms in total. The highest BCUT2D eigenvalue weighted by atomic mass is 19.4. The zero-order chi connectivity index (χ0) is 23.0. The van der Waals surface area contributed by atoms with Crippen LogP contribution >= 0.6 is 0 Å². The van der Waals surface area contributed by atoms with Crippen molar-refractivity contribution in [3.8, 4) is 22.8 Å². The molecular weight excluding hydrogens is 421 g/mol. The molecule has 0 atom stereocenters. The summed E-state index contributed by atoms with van der Waals surface area (Å²) in [5.41, 5.74) is 5.93. The maximum absolute atomic E-state index is 12.4. The second kappa shape index (κ2) is 8.10. The van der Waals surface area contributed by atoms with Crippen molar-refractivity contribution in [3.05, 3.63) is 71.1 Å². The van der Waals surface area contributed by atoms with Crippen LogP contribution in [0.1, 0.15) is 28.3 Å². The number of nitrogens with zero attached hydrogens (tertiary/aromatic N) is 6. The van der Waals surface area contributed by atoms with Crippen LogP contribution < -0.4 is 4.74 Å². The van der Waals surface area contributed by atoms with E-state index in [1.54, 1.807) is 21.5 Å². The summed E-state index contributed by atoms with van der Waals surface area (Å²) in [7, 11) is 1.83. The smallest absolute Gasteiger partial charge is 0.406 e. The number of hydrogen-bond acceptors (Lipinski definition) is 5. The van der Waals surface area contributed by atoms with E-state index in [-0.39, 0.29) is 5.75 Å². The molecule has 4 rings (SSSR count). The molecule has 0 radical (unpaired) electrons. The van der Waals surface area contributed by atoms with Crippen LogP contribution in [0.25, 0.3) is 17.1 Å². The normalized spacial score (nSPS) is 11.7. The van der Waals surface area contributed by atoms with Crippen LogP contribution in [0.3, 0.4) is 0 Å². The van der Waals surface area contributed by atoms with Crippen molar-refractivity contribution in [2.24, 2.45) is 7.05 Å². The van der Waals surface area contributed by atoms with E-state index in [1.165, 1.54) is 18.5 Å². The average molecular weight is 442 g/mol. The van der Waals surface area contributed by atoms with Gasteiger partial charge >= 0.3 is 6.36 Å². The first kappa shape index (κ1) is 21.5. The lowest BCUT2D eigenvalue weighted by Gasteiger charge is -2.09. The Balaban J connectivity index is 1.60. The molecule has 0 bridgehead atoms. The van der Waals surface area contributed by atoms with E-state index in [0.717, 1.165) is 28.3 Å². The highest BCUT2D eigenvalue weighted by molar-refractivity contribution is 5.64. The number of halogens is 3. The molecule has 0 saturated heterocycles. The van der Waals surface area contributed by atoms with E-state index in [9.17, 15) is 13.2 Å². The predicted octanol–water partition coefficient (Wildman–Crippen LogP) is 4.48. The van der Waals surface area contributed by atoms with Crippen LogP contribution in [0.5, 0.6) is 5.75 Å². The summed E-state index contributed by atoms with van der Waals surface area (Å²) in [5, 5.41) is 9.04. The summed E-state index contributed by atoms with van der Waals surface area (Å²) in [6.45, 7) is 5.82. The number of ether oxygens (including phenoxy) is 1. The van der Waals surface area contributed by atoms with Crippen molar-refractivity contribution in [1.29, 1.82) is 0 Å². The SMILES string of the molecule is Cc1cc(C)n(-c2cc(Cc3c(C)c(-c4ccc(OC(F)(F)F)cc4)nn3C)ncn2)n1. The zero-order valence-electron chi connectivity index (χ0n) is 18.0. The van der Waals surface area contributed by atoms with Gasteiger partial charge in [-0.05, 0) is 56.7 Å². The molecule has 0 spiro atoms. The molecule has 0 aliphatic carbocycles. The number of rotatable bonds is 5. The average Bonchev–Trinajstić information content (AvgIpc) is 3.20. The standard InChI is InChI=1S/C22H21F3N6O/c1-13-9-14(2)31(28-13)20-11-17(26-12-27-20)10-19-15(3)21(29-30(19)4)16-5-7-18(8-6-16)32-22(23,24)25/h5-9,11-12H,10H2,1-4H3. The topological polar surface area (TPSA) is 70.7 Å². The minimum atomic E-state index is -4.72. The van der Waals surface area contributed by atoms with Crippen molar-refractivity contribution < 1.29 is 17.9 Å². The molecule has 0 unspecified atom stereocenters. The van der Waals surface area contributed by atoms with Gasteiger partial charge in [0.1, 0.15) is 12.1 Å². The third-order valence-corrected chi connectivity index (χ3v) is 5.07. The highest BCUT2D eigenvalue weighted by Crippen LogP contribution is 2.29. The molecule has 4 aromatic rings. The maximum atomic E-state index is 12.4. The molecule has 32 heavy (non-hydrogen) atoms. The first-order valence-electron chi connectivity index (χ1n) is 9.84. The van der Waals surface area contributed by atoms with Gasteiger partial charge in [0.15, 0.2) is 5.82 Å². The van der Waals surface area contributed by atoms with Crippen LogP contribution in [-0.2, 0) is 13.5 Å². The fraction of sp³-hybridized carbons (Fsp3) is 0.273. The number of benzene rings is 1. The molecular formula is C22H21F3N6O. The Labute approximate surface area is 182 Å². The Morgan fingerprint density at radius 2 is 1.69 bits per heavy atom. The van der Waals surface area contributed by atoms with Gasteiger partial charge in [0, 0.05) is 36.5 Å². The molecule has 3 heterocycles. The van der Waals surface area contributed by atoms with Crippen LogP contribution in [-0.4, -0.2) is 35.9 Å². The molecule has 0 fully saturated rings. The van der Waals surface area contributed by atoms with Gasteiger partial charge in [-0.25, -0.2) is 14.6 Å². The number of aromatic nitrogens is 6. The van der Waals surface area contributed by atoms with Gasteiger partial charge in [0.05, 0.1) is 17.1 Å². The minimum absolute atomic E-state index is 0.271. The molecule has 1 aromatic carbocycles. The molecule has 0 amide bonds. The Morgan fingerprint density at radius 3 is 2.31 bits per heavy atom. The van der Waals surface area contributed by atoms with Crippen molar-refractivity contribution in [2.45, 2.75) is 33.6 Å². The van der Waals surface area contributed by atoms with Gasteiger partial charge in [0.2, 0.25) is 0 Å². The fourth-order valence-electron chi connectivity index (χ4n) is 3.63.